The minimum atomic E-state index is -0.551. The molecule has 1 aromatic heterocycles. The minimum absolute atomic E-state index is 0.00638. The molecular formula is C9H13N3O4. The van der Waals surface area contributed by atoms with Crippen molar-refractivity contribution in [2.75, 3.05) is 13.2 Å². The van der Waals surface area contributed by atoms with E-state index in [1.165, 1.54) is 23.7 Å². The molecule has 0 aliphatic heterocycles. The summed E-state index contributed by atoms with van der Waals surface area (Å²) in [5.74, 6) is -0.517. The largest absolute Gasteiger partial charge is 0.396 e. The molecule has 1 heterocycles. The lowest BCUT2D eigenvalue weighted by atomic mass is 10.4. The molecule has 0 aromatic carbocycles. The zero-order valence-electron chi connectivity index (χ0n) is 8.84. The smallest absolute Gasteiger partial charge is 0.323 e. The molecule has 0 radical (unpaired) electrons. The number of nitro groups is 1. The SMILES string of the molecule is Cn1c(C(=O)NCCCO)ccc1[N+](=O)[O-]. The van der Waals surface area contributed by atoms with E-state index in [0.29, 0.717) is 13.0 Å². The van der Waals surface area contributed by atoms with Crippen LogP contribution in [-0.2, 0) is 7.05 Å². The quantitative estimate of drug-likeness (QED) is 0.421. The fourth-order valence-electron chi connectivity index (χ4n) is 1.28. The van der Waals surface area contributed by atoms with Crippen LogP contribution in [0, 0.1) is 10.1 Å². The Labute approximate surface area is 91.8 Å². The topological polar surface area (TPSA) is 97.4 Å². The summed E-state index contributed by atoms with van der Waals surface area (Å²) >= 11 is 0. The van der Waals surface area contributed by atoms with E-state index < -0.39 is 4.92 Å². The van der Waals surface area contributed by atoms with Crippen LogP contribution in [0.1, 0.15) is 16.9 Å². The monoisotopic (exact) mass is 227 g/mol. The second kappa shape index (κ2) is 5.26. The summed E-state index contributed by atoms with van der Waals surface area (Å²) < 4.78 is 1.22. The van der Waals surface area contributed by atoms with Crippen LogP contribution in [0.4, 0.5) is 5.82 Å². The summed E-state index contributed by atoms with van der Waals surface area (Å²) in [5, 5.41) is 21.6. The van der Waals surface area contributed by atoms with Gasteiger partial charge < -0.3 is 20.5 Å². The van der Waals surface area contributed by atoms with Crippen molar-refractivity contribution in [3.8, 4) is 0 Å². The minimum Gasteiger partial charge on any atom is -0.396 e. The molecule has 0 aliphatic rings. The molecule has 0 saturated heterocycles. The van der Waals surface area contributed by atoms with Gasteiger partial charge >= 0.3 is 5.82 Å². The maximum Gasteiger partial charge on any atom is 0.323 e. The first-order valence-electron chi connectivity index (χ1n) is 4.77. The Hall–Kier alpha value is -1.89. The number of hydrogen-bond donors (Lipinski definition) is 2. The third kappa shape index (κ3) is 2.57. The van der Waals surface area contributed by atoms with Crippen molar-refractivity contribution in [2.45, 2.75) is 6.42 Å². The third-order valence-corrected chi connectivity index (χ3v) is 2.14. The molecular weight excluding hydrogens is 214 g/mol. The van der Waals surface area contributed by atoms with Gasteiger partial charge in [-0.15, -0.1) is 0 Å². The number of aliphatic hydroxyl groups is 1. The second-order valence-electron chi connectivity index (χ2n) is 3.23. The average Bonchev–Trinajstić information content (AvgIpc) is 2.60. The van der Waals surface area contributed by atoms with Crippen molar-refractivity contribution in [1.82, 2.24) is 9.88 Å². The van der Waals surface area contributed by atoms with Gasteiger partial charge in [-0.25, -0.2) is 4.57 Å². The van der Waals surface area contributed by atoms with E-state index in [9.17, 15) is 14.9 Å². The zero-order chi connectivity index (χ0) is 12.1. The lowest BCUT2D eigenvalue weighted by Crippen LogP contribution is -2.26. The molecule has 0 spiro atoms. The molecule has 88 valence electrons. The van der Waals surface area contributed by atoms with Gasteiger partial charge in [-0.2, -0.15) is 0 Å². The Kier molecular flexibility index (Phi) is 4.01. The van der Waals surface area contributed by atoms with E-state index in [1.807, 2.05) is 0 Å². The van der Waals surface area contributed by atoms with Crippen molar-refractivity contribution in [3.63, 3.8) is 0 Å². The molecule has 0 bridgehead atoms. The van der Waals surface area contributed by atoms with Gasteiger partial charge in [0.15, 0.2) is 5.69 Å². The Balaban J connectivity index is 2.73. The van der Waals surface area contributed by atoms with E-state index in [2.05, 4.69) is 5.32 Å². The van der Waals surface area contributed by atoms with E-state index >= 15 is 0 Å². The molecule has 1 rings (SSSR count). The number of carbonyl (C=O) groups is 1. The molecule has 0 unspecified atom stereocenters. The summed E-state index contributed by atoms with van der Waals surface area (Å²) in [6, 6.07) is 2.67. The van der Waals surface area contributed by atoms with Crippen LogP contribution in [0.25, 0.3) is 0 Å². The summed E-state index contributed by atoms with van der Waals surface area (Å²) in [6.45, 7) is 0.335. The van der Waals surface area contributed by atoms with Crippen molar-refractivity contribution in [3.05, 3.63) is 27.9 Å². The zero-order valence-corrected chi connectivity index (χ0v) is 8.84. The molecule has 16 heavy (non-hydrogen) atoms. The van der Waals surface area contributed by atoms with Gasteiger partial charge in [0, 0.05) is 19.2 Å². The van der Waals surface area contributed by atoms with Crippen LogP contribution in [0.15, 0.2) is 12.1 Å². The Morgan fingerprint density at radius 1 is 1.62 bits per heavy atom. The van der Waals surface area contributed by atoms with Crippen molar-refractivity contribution in [1.29, 1.82) is 0 Å². The van der Waals surface area contributed by atoms with Crippen molar-refractivity contribution in [2.24, 2.45) is 7.05 Å². The van der Waals surface area contributed by atoms with E-state index in [0.717, 1.165) is 0 Å². The van der Waals surface area contributed by atoms with Gasteiger partial charge in [0.25, 0.3) is 5.91 Å². The first-order valence-corrected chi connectivity index (χ1v) is 4.77. The molecule has 0 atom stereocenters. The highest BCUT2D eigenvalue weighted by Crippen LogP contribution is 2.14. The summed E-state index contributed by atoms with van der Waals surface area (Å²) in [5.41, 5.74) is 0.227. The Morgan fingerprint density at radius 2 is 2.31 bits per heavy atom. The van der Waals surface area contributed by atoms with Crippen molar-refractivity contribution >= 4 is 11.7 Å². The van der Waals surface area contributed by atoms with Crippen LogP contribution in [0.3, 0.4) is 0 Å². The first kappa shape index (κ1) is 12.2. The molecule has 0 fully saturated rings. The van der Waals surface area contributed by atoms with Gasteiger partial charge in [-0.3, -0.25) is 4.79 Å². The van der Waals surface area contributed by atoms with E-state index in [1.54, 1.807) is 0 Å². The summed E-state index contributed by atoms with van der Waals surface area (Å²) in [4.78, 5) is 21.5. The molecule has 7 heteroatoms. The molecule has 0 aliphatic carbocycles. The van der Waals surface area contributed by atoms with Crippen LogP contribution in [0.5, 0.6) is 0 Å². The average molecular weight is 227 g/mol. The highest BCUT2D eigenvalue weighted by atomic mass is 16.6. The molecule has 7 nitrogen and oxygen atoms in total. The van der Waals surface area contributed by atoms with Crippen LogP contribution in [0.2, 0.25) is 0 Å². The van der Waals surface area contributed by atoms with Crippen LogP contribution in [-0.4, -0.2) is 33.7 Å². The Morgan fingerprint density at radius 3 is 2.81 bits per heavy atom. The van der Waals surface area contributed by atoms with Gasteiger partial charge in [0.05, 0.1) is 7.05 Å². The number of aromatic nitrogens is 1. The fourth-order valence-corrected chi connectivity index (χ4v) is 1.28. The van der Waals surface area contributed by atoms with Crippen LogP contribution < -0.4 is 5.32 Å². The van der Waals surface area contributed by atoms with Crippen LogP contribution >= 0.6 is 0 Å². The number of rotatable bonds is 5. The summed E-state index contributed by atoms with van der Waals surface area (Å²) in [7, 11) is 1.46. The predicted octanol–water partition coefficient (Wildman–Crippen LogP) is 0.0455. The number of amides is 1. The highest BCUT2D eigenvalue weighted by Gasteiger charge is 2.19. The second-order valence-corrected chi connectivity index (χ2v) is 3.23. The number of carbonyl (C=O) groups excluding carboxylic acids is 1. The highest BCUT2D eigenvalue weighted by molar-refractivity contribution is 5.93. The first-order chi connectivity index (χ1) is 7.57. The normalized spacial score (nSPS) is 10.1. The molecule has 1 amide bonds. The maximum absolute atomic E-state index is 11.5. The third-order valence-electron chi connectivity index (χ3n) is 2.14. The van der Waals surface area contributed by atoms with Gasteiger partial charge in [0.1, 0.15) is 0 Å². The van der Waals surface area contributed by atoms with Gasteiger partial charge in [-0.05, 0) is 17.4 Å². The fraction of sp³-hybridized carbons (Fsp3) is 0.444. The molecule has 1 aromatic rings. The maximum atomic E-state index is 11.5. The van der Waals surface area contributed by atoms with E-state index in [4.69, 9.17) is 5.11 Å². The standard InChI is InChI=1S/C9H13N3O4/c1-11-7(3-4-8(11)12(15)16)9(14)10-5-2-6-13/h3-4,13H,2,5-6H2,1H3,(H,10,14). The Bertz CT molecular complexity index is 399. The number of hydrogen-bond acceptors (Lipinski definition) is 4. The van der Waals surface area contributed by atoms with E-state index in [-0.39, 0.29) is 24.0 Å². The molecule has 0 saturated carbocycles. The number of nitrogens with zero attached hydrogens (tertiary/aromatic N) is 2. The molecule has 2 N–H and O–H groups in total. The lowest BCUT2D eigenvalue weighted by Gasteiger charge is -2.02. The van der Waals surface area contributed by atoms with Gasteiger partial charge in [-0.1, -0.05) is 0 Å². The summed E-state index contributed by atoms with van der Waals surface area (Å²) in [6.07, 6.45) is 0.457. The lowest BCUT2D eigenvalue weighted by molar-refractivity contribution is -0.391. The number of nitrogens with one attached hydrogen (secondary N) is 1. The van der Waals surface area contributed by atoms with Gasteiger partial charge in [0.2, 0.25) is 0 Å². The van der Waals surface area contributed by atoms with Crippen molar-refractivity contribution < 1.29 is 14.8 Å². The predicted molar refractivity (Wildman–Crippen MR) is 56.1 cm³/mol. The number of aliphatic hydroxyl groups excluding tert-OH is 1.